The number of unbranched alkanes of at least 4 members (excludes halogenated alkanes) is 2. The SMILES string of the molecule is CCCC[N+](CCCC)(CC(F)(F)F)c1ccccc1. The highest BCUT2D eigenvalue weighted by Crippen LogP contribution is 2.30. The van der Waals surface area contributed by atoms with Crippen molar-refractivity contribution in [1.29, 1.82) is 0 Å². The minimum absolute atomic E-state index is 0.0337. The number of nitrogens with zero attached hydrogens (tertiary/aromatic N) is 1. The summed E-state index contributed by atoms with van der Waals surface area (Å²) in [5.41, 5.74) is 0.784. The number of halogens is 3. The normalized spacial score (nSPS) is 12.7. The molecule has 0 atom stereocenters. The van der Waals surface area contributed by atoms with Crippen LogP contribution in [0.4, 0.5) is 18.9 Å². The first-order valence-electron chi connectivity index (χ1n) is 7.42. The monoisotopic (exact) mass is 288 g/mol. The smallest absolute Gasteiger partial charge is 0.284 e. The molecule has 4 heteroatoms. The zero-order valence-corrected chi connectivity index (χ0v) is 12.4. The van der Waals surface area contributed by atoms with E-state index in [2.05, 4.69) is 0 Å². The quantitative estimate of drug-likeness (QED) is 0.580. The van der Waals surface area contributed by atoms with Crippen molar-refractivity contribution in [2.24, 2.45) is 0 Å². The number of para-hydroxylation sites is 1. The average Bonchev–Trinajstić information content (AvgIpc) is 2.41. The van der Waals surface area contributed by atoms with Gasteiger partial charge in [-0.25, -0.2) is 0 Å². The minimum Gasteiger partial charge on any atom is -0.284 e. The van der Waals surface area contributed by atoms with Gasteiger partial charge in [0.05, 0.1) is 13.1 Å². The molecule has 0 aliphatic carbocycles. The fraction of sp³-hybridized carbons (Fsp3) is 0.625. The Morgan fingerprint density at radius 1 is 0.900 bits per heavy atom. The summed E-state index contributed by atoms with van der Waals surface area (Å²) in [7, 11) is 0. The Balaban J connectivity index is 3.10. The zero-order valence-electron chi connectivity index (χ0n) is 12.4. The topological polar surface area (TPSA) is 0 Å². The van der Waals surface area contributed by atoms with Crippen LogP contribution in [0.1, 0.15) is 39.5 Å². The Kier molecular flexibility index (Phi) is 6.53. The molecule has 0 radical (unpaired) electrons. The van der Waals surface area contributed by atoms with E-state index in [4.69, 9.17) is 0 Å². The summed E-state index contributed by atoms with van der Waals surface area (Å²) in [5.74, 6) is 0. The maximum atomic E-state index is 13.1. The van der Waals surface area contributed by atoms with Crippen LogP contribution in [0.15, 0.2) is 30.3 Å². The number of rotatable bonds is 8. The third-order valence-electron chi connectivity index (χ3n) is 3.67. The molecule has 0 aliphatic heterocycles. The van der Waals surface area contributed by atoms with E-state index in [0.717, 1.165) is 31.4 Å². The van der Waals surface area contributed by atoms with E-state index in [1.54, 1.807) is 0 Å². The van der Waals surface area contributed by atoms with Gasteiger partial charge in [0.2, 0.25) is 0 Å². The largest absolute Gasteiger partial charge is 0.438 e. The first-order chi connectivity index (χ1) is 9.43. The van der Waals surface area contributed by atoms with E-state index in [0.29, 0.717) is 13.1 Å². The zero-order chi connectivity index (χ0) is 15.1. The molecule has 0 heterocycles. The second-order valence-corrected chi connectivity index (χ2v) is 5.41. The van der Waals surface area contributed by atoms with Crippen molar-refractivity contribution in [3.8, 4) is 0 Å². The maximum Gasteiger partial charge on any atom is 0.438 e. The van der Waals surface area contributed by atoms with Crippen molar-refractivity contribution in [2.45, 2.75) is 45.7 Å². The Labute approximate surface area is 120 Å². The lowest BCUT2D eigenvalue weighted by Gasteiger charge is -2.39. The molecule has 0 N–H and O–H groups in total. The molecule has 0 aliphatic rings. The molecule has 0 bridgehead atoms. The Morgan fingerprint density at radius 2 is 1.40 bits per heavy atom. The lowest BCUT2D eigenvalue weighted by molar-refractivity contribution is -0.144. The molecule has 114 valence electrons. The van der Waals surface area contributed by atoms with Crippen LogP contribution >= 0.6 is 0 Å². The third-order valence-corrected chi connectivity index (χ3v) is 3.67. The van der Waals surface area contributed by atoms with Crippen LogP contribution in [0.3, 0.4) is 0 Å². The summed E-state index contributed by atoms with van der Waals surface area (Å²) < 4.78 is 39.3. The van der Waals surface area contributed by atoms with Crippen LogP contribution in [-0.4, -0.2) is 25.8 Å². The molecule has 0 spiro atoms. The van der Waals surface area contributed by atoms with Gasteiger partial charge in [-0.15, -0.1) is 0 Å². The summed E-state index contributed by atoms with van der Waals surface area (Å²) in [6, 6.07) is 9.17. The van der Waals surface area contributed by atoms with Crippen LogP contribution in [0.25, 0.3) is 0 Å². The van der Waals surface area contributed by atoms with Crippen LogP contribution in [0, 0.1) is 0 Å². The average molecular weight is 288 g/mol. The van der Waals surface area contributed by atoms with Gasteiger partial charge in [0.25, 0.3) is 0 Å². The van der Waals surface area contributed by atoms with Crippen molar-refractivity contribution in [3.05, 3.63) is 30.3 Å². The van der Waals surface area contributed by atoms with Gasteiger partial charge in [0.1, 0.15) is 5.69 Å². The summed E-state index contributed by atoms with van der Waals surface area (Å²) >= 11 is 0. The van der Waals surface area contributed by atoms with Crippen molar-refractivity contribution in [1.82, 2.24) is 4.48 Å². The number of hydrogen-bond donors (Lipinski definition) is 0. The van der Waals surface area contributed by atoms with E-state index in [1.165, 1.54) is 0 Å². The van der Waals surface area contributed by atoms with E-state index < -0.39 is 12.7 Å². The molecule has 0 amide bonds. The van der Waals surface area contributed by atoms with Crippen molar-refractivity contribution < 1.29 is 13.2 Å². The molecule has 20 heavy (non-hydrogen) atoms. The predicted octanol–water partition coefficient (Wildman–Crippen LogP) is 5.16. The van der Waals surface area contributed by atoms with Gasteiger partial charge in [0.15, 0.2) is 6.54 Å². The van der Waals surface area contributed by atoms with Crippen molar-refractivity contribution in [3.63, 3.8) is 0 Å². The highest BCUT2D eigenvalue weighted by atomic mass is 19.4. The summed E-state index contributed by atoms with van der Waals surface area (Å²) in [4.78, 5) is 0. The lowest BCUT2D eigenvalue weighted by atomic mass is 10.1. The molecular weight excluding hydrogens is 263 g/mol. The predicted molar refractivity (Wildman–Crippen MR) is 78.7 cm³/mol. The molecule has 0 aromatic heterocycles. The number of hydrogen-bond acceptors (Lipinski definition) is 0. The number of benzene rings is 1. The van der Waals surface area contributed by atoms with Gasteiger partial charge in [-0.2, -0.15) is 13.2 Å². The van der Waals surface area contributed by atoms with Gasteiger partial charge in [-0.1, -0.05) is 44.9 Å². The maximum absolute atomic E-state index is 13.1. The Morgan fingerprint density at radius 3 is 1.80 bits per heavy atom. The van der Waals surface area contributed by atoms with Crippen molar-refractivity contribution >= 4 is 5.69 Å². The first-order valence-corrected chi connectivity index (χ1v) is 7.42. The minimum atomic E-state index is -4.14. The highest BCUT2D eigenvalue weighted by Gasteiger charge is 2.43. The summed E-state index contributed by atoms with van der Waals surface area (Å²) in [5, 5.41) is 0. The van der Waals surface area contributed by atoms with Crippen molar-refractivity contribution in [2.75, 3.05) is 19.6 Å². The van der Waals surface area contributed by atoms with Crippen LogP contribution in [0.2, 0.25) is 0 Å². The van der Waals surface area contributed by atoms with Crippen LogP contribution in [-0.2, 0) is 0 Å². The van der Waals surface area contributed by atoms with E-state index >= 15 is 0 Å². The second kappa shape index (κ2) is 7.67. The number of quaternary nitrogens is 1. The van der Waals surface area contributed by atoms with Gasteiger partial charge >= 0.3 is 6.18 Å². The van der Waals surface area contributed by atoms with Gasteiger partial charge < -0.3 is 0 Å². The van der Waals surface area contributed by atoms with Gasteiger partial charge in [-0.3, -0.25) is 4.48 Å². The number of alkyl halides is 3. The van der Waals surface area contributed by atoms with E-state index in [9.17, 15) is 13.2 Å². The van der Waals surface area contributed by atoms with Gasteiger partial charge in [0, 0.05) is 0 Å². The fourth-order valence-electron chi connectivity index (χ4n) is 2.63. The molecule has 1 aromatic rings. The van der Waals surface area contributed by atoms with E-state index in [-0.39, 0.29) is 4.48 Å². The summed E-state index contributed by atoms with van der Waals surface area (Å²) in [6.07, 6.45) is -0.686. The molecule has 1 rings (SSSR count). The first kappa shape index (κ1) is 17.0. The van der Waals surface area contributed by atoms with Crippen LogP contribution < -0.4 is 4.48 Å². The molecule has 1 aromatic carbocycles. The van der Waals surface area contributed by atoms with Crippen LogP contribution in [0.5, 0.6) is 0 Å². The second-order valence-electron chi connectivity index (χ2n) is 5.41. The fourth-order valence-corrected chi connectivity index (χ4v) is 2.63. The van der Waals surface area contributed by atoms with E-state index in [1.807, 2.05) is 44.2 Å². The Hall–Kier alpha value is -1.03. The Bertz CT molecular complexity index is 365. The molecule has 0 saturated carbocycles. The highest BCUT2D eigenvalue weighted by molar-refractivity contribution is 5.42. The summed E-state index contributed by atoms with van der Waals surface area (Å²) in [6.45, 7) is 4.39. The molecular formula is C16H25F3N+. The molecule has 0 saturated heterocycles. The third kappa shape index (κ3) is 5.16. The lowest BCUT2D eigenvalue weighted by Crippen LogP contribution is -2.55. The molecule has 0 unspecified atom stereocenters. The standard InChI is InChI=1S/C16H25F3N/c1-3-5-12-20(13-6-4-2,14-16(17,18)19)15-10-8-7-9-11-15/h7-11H,3-6,12-14H2,1-2H3/q+1. The molecule has 0 fully saturated rings. The van der Waals surface area contributed by atoms with Gasteiger partial charge in [-0.05, 0) is 25.0 Å². The molecule has 1 nitrogen and oxygen atoms in total.